The Labute approximate surface area is 282 Å². The molecular formula is C39H42N4O4S. The molecule has 48 heavy (non-hydrogen) atoms. The number of aryl methyl sites for hydroxylation is 1. The van der Waals surface area contributed by atoms with Gasteiger partial charge in [-0.05, 0) is 78.3 Å². The Balaban J connectivity index is 1.23. The number of benzene rings is 4. The Kier molecular flexibility index (Phi) is 10.3. The summed E-state index contributed by atoms with van der Waals surface area (Å²) >= 11 is 0. The summed E-state index contributed by atoms with van der Waals surface area (Å²) in [6, 6.07) is 28.5. The van der Waals surface area contributed by atoms with Crippen LogP contribution in [0.1, 0.15) is 84.0 Å². The molecule has 4 aromatic carbocycles. The fourth-order valence-electron chi connectivity index (χ4n) is 6.49. The summed E-state index contributed by atoms with van der Waals surface area (Å²) in [5.41, 5.74) is 5.16. The summed E-state index contributed by atoms with van der Waals surface area (Å²) in [7, 11) is -4.02. The van der Waals surface area contributed by atoms with Gasteiger partial charge in [0.05, 0.1) is 15.9 Å². The minimum atomic E-state index is -4.02. The summed E-state index contributed by atoms with van der Waals surface area (Å²) < 4.78 is 30.1. The van der Waals surface area contributed by atoms with Crippen molar-refractivity contribution in [3.63, 3.8) is 0 Å². The molecular weight excluding hydrogens is 621 g/mol. The third-order valence-corrected chi connectivity index (χ3v) is 10.5. The zero-order valence-corrected chi connectivity index (χ0v) is 28.1. The minimum absolute atomic E-state index is 0.0257. The number of carbonyl (C=O) groups excluding carboxylic acids is 2. The molecule has 1 fully saturated rings. The van der Waals surface area contributed by atoms with Crippen molar-refractivity contribution in [1.29, 1.82) is 0 Å². The van der Waals surface area contributed by atoms with Gasteiger partial charge >= 0.3 is 0 Å². The van der Waals surface area contributed by atoms with E-state index >= 15 is 0 Å². The summed E-state index contributed by atoms with van der Waals surface area (Å²) in [6.07, 6.45) is 9.03. The van der Waals surface area contributed by atoms with Crippen molar-refractivity contribution in [2.24, 2.45) is 5.92 Å². The van der Waals surface area contributed by atoms with Crippen LogP contribution in [0.25, 0.3) is 22.2 Å². The van der Waals surface area contributed by atoms with E-state index in [-0.39, 0.29) is 16.4 Å². The van der Waals surface area contributed by atoms with Crippen molar-refractivity contribution in [2.75, 3.05) is 6.54 Å². The first-order chi connectivity index (χ1) is 23.3. The molecule has 2 N–H and O–H groups in total. The van der Waals surface area contributed by atoms with Gasteiger partial charge in [0.2, 0.25) is 0 Å². The molecule has 2 amide bonds. The van der Waals surface area contributed by atoms with Crippen LogP contribution in [0.3, 0.4) is 0 Å². The van der Waals surface area contributed by atoms with Gasteiger partial charge in [0.1, 0.15) is 5.82 Å². The standard InChI is InChI=1S/C39H42N4O4S/c1-2-3-18-37-41-35-24-23-31(38(44)40-26-28-12-6-4-7-13-28)25-36(35)43(37)27-29-19-21-30(22-20-29)33-16-10-11-17-34(33)39(45)42-48(46,47)32-14-8-5-9-15-32/h5,8-11,14-17,19-25,28H,2-4,6-7,12-13,18,26-27H2,1H3,(H,40,44)(H,42,45). The number of imidazole rings is 1. The number of unbranched alkanes of at least 4 members (excludes halogenated alkanes) is 1. The molecule has 0 saturated heterocycles. The zero-order chi connectivity index (χ0) is 33.5. The third-order valence-electron chi connectivity index (χ3n) is 9.18. The number of aromatic nitrogens is 2. The van der Waals surface area contributed by atoms with Crippen molar-refractivity contribution in [3.8, 4) is 11.1 Å². The van der Waals surface area contributed by atoms with Crippen molar-refractivity contribution < 1.29 is 18.0 Å². The molecule has 9 heteroatoms. The van der Waals surface area contributed by atoms with Crippen molar-refractivity contribution in [2.45, 2.75) is 69.7 Å². The van der Waals surface area contributed by atoms with Gasteiger partial charge in [0.25, 0.3) is 21.8 Å². The van der Waals surface area contributed by atoms with Gasteiger partial charge in [0.15, 0.2) is 0 Å². The topological polar surface area (TPSA) is 110 Å². The number of hydrogen-bond acceptors (Lipinski definition) is 5. The lowest BCUT2D eigenvalue weighted by Gasteiger charge is -2.21. The Bertz CT molecular complexity index is 2000. The van der Waals surface area contributed by atoms with Gasteiger partial charge in [-0.1, -0.05) is 93.3 Å². The molecule has 0 spiro atoms. The summed E-state index contributed by atoms with van der Waals surface area (Å²) in [5, 5.41) is 3.17. The van der Waals surface area contributed by atoms with Crippen LogP contribution >= 0.6 is 0 Å². The first kappa shape index (κ1) is 33.2. The molecule has 0 radical (unpaired) electrons. The highest BCUT2D eigenvalue weighted by atomic mass is 32.2. The first-order valence-corrected chi connectivity index (χ1v) is 18.4. The van der Waals surface area contributed by atoms with Gasteiger partial charge in [-0.15, -0.1) is 0 Å². The molecule has 0 unspecified atom stereocenters. The minimum Gasteiger partial charge on any atom is -0.352 e. The lowest BCUT2D eigenvalue weighted by Crippen LogP contribution is -2.30. The van der Waals surface area contributed by atoms with Crippen LogP contribution in [-0.4, -0.2) is 36.3 Å². The molecule has 8 nitrogen and oxygen atoms in total. The maximum absolute atomic E-state index is 13.2. The second kappa shape index (κ2) is 15.0. The number of hydrogen-bond donors (Lipinski definition) is 2. The fourth-order valence-corrected chi connectivity index (χ4v) is 7.47. The molecule has 0 aliphatic heterocycles. The molecule has 0 atom stereocenters. The Morgan fingerprint density at radius 3 is 2.33 bits per heavy atom. The predicted octanol–water partition coefficient (Wildman–Crippen LogP) is 7.52. The van der Waals surface area contributed by atoms with E-state index in [2.05, 4.69) is 21.5 Å². The van der Waals surface area contributed by atoms with Crippen molar-refractivity contribution in [1.82, 2.24) is 19.6 Å². The zero-order valence-electron chi connectivity index (χ0n) is 27.3. The number of carbonyl (C=O) groups is 2. The summed E-state index contributed by atoms with van der Waals surface area (Å²) in [6.45, 7) is 3.45. The van der Waals surface area contributed by atoms with Gasteiger partial charge in [-0.3, -0.25) is 9.59 Å². The molecule has 1 heterocycles. The molecule has 1 aromatic heterocycles. The van der Waals surface area contributed by atoms with Crippen LogP contribution in [-0.2, 0) is 23.0 Å². The van der Waals surface area contributed by atoms with E-state index < -0.39 is 15.9 Å². The number of rotatable bonds is 12. The maximum Gasteiger partial charge on any atom is 0.265 e. The molecule has 1 aliphatic rings. The van der Waals surface area contributed by atoms with E-state index in [0.29, 0.717) is 23.6 Å². The Hall–Kier alpha value is -4.76. The van der Waals surface area contributed by atoms with E-state index in [4.69, 9.17) is 4.98 Å². The average molecular weight is 663 g/mol. The molecule has 5 aromatic rings. The van der Waals surface area contributed by atoms with Gasteiger partial charge in [-0.25, -0.2) is 18.1 Å². The van der Waals surface area contributed by atoms with Crippen LogP contribution in [0.5, 0.6) is 0 Å². The van der Waals surface area contributed by atoms with E-state index in [1.807, 2.05) is 54.6 Å². The SMILES string of the molecule is CCCCc1nc2ccc(C(=O)NCC3CCCCC3)cc2n1Cc1ccc(-c2ccccc2C(=O)NS(=O)(=O)c2ccccc2)cc1. The van der Waals surface area contributed by atoms with Gasteiger partial charge in [-0.2, -0.15) is 0 Å². The lowest BCUT2D eigenvalue weighted by atomic mass is 9.89. The van der Waals surface area contributed by atoms with Crippen molar-refractivity contribution in [3.05, 3.63) is 120 Å². The smallest absolute Gasteiger partial charge is 0.265 e. The normalized spacial score (nSPS) is 13.8. The summed E-state index contributed by atoms with van der Waals surface area (Å²) in [5.74, 6) is 0.804. The second-order valence-electron chi connectivity index (χ2n) is 12.6. The fraction of sp³-hybridized carbons (Fsp3) is 0.308. The highest BCUT2D eigenvalue weighted by molar-refractivity contribution is 7.90. The average Bonchev–Trinajstić information content (AvgIpc) is 3.46. The highest BCUT2D eigenvalue weighted by Gasteiger charge is 2.21. The van der Waals surface area contributed by atoms with Crippen LogP contribution in [0.2, 0.25) is 0 Å². The van der Waals surface area contributed by atoms with Gasteiger partial charge < -0.3 is 9.88 Å². The number of amides is 2. The number of nitrogens with zero attached hydrogens (tertiary/aromatic N) is 2. The third kappa shape index (κ3) is 7.68. The lowest BCUT2D eigenvalue weighted by molar-refractivity contribution is 0.0942. The molecule has 248 valence electrons. The first-order valence-electron chi connectivity index (χ1n) is 16.9. The largest absolute Gasteiger partial charge is 0.352 e. The number of fused-ring (bicyclic) bond motifs is 1. The maximum atomic E-state index is 13.2. The van der Waals surface area contributed by atoms with E-state index in [9.17, 15) is 18.0 Å². The van der Waals surface area contributed by atoms with Crippen LogP contribution in [0.4, 0.5) is 0 Å². The van der Waals surface area contributed by atoms with Crippen LogP contribution in [0, 0.1) is 5.92 Å². The van der Waals surface area contributed by atoms with E-state index in [1.54, 1.807) is 30.3 Å². The van der Waals surface area contributed by atoms with Crippen LogP contribution in [0.15, 0.2) is 102 Å². The Morgan fingerprint density at radius 1 is 0.854 bits per heavy atom. The molecule has 1 saturated carbocycles. The Morgan fingerprint density at radius 2 is 1.58 bits per heavy atom. The monoisotopic (exact) mass is 662 g/mol. The van der Waals surface area contributed by atoms with Crippen LogP contribution < -0.4 is 10.0 Å². The van der Waals surface area contributed by atoms with E-state index in [1.165, 1.54) is 44.2 Å². The van der Waals surface area contributed by atoms with Gasteiger partial charge in [0, 0.05) is 30.6 Å². The van der Waals surface area contributed by atoms with Crippen molar-refractivity contribution >= 4 is 32.9 Å². The quantitative estimate of drug-likeness (QED) is 0.144. The second-order valence-corrected chi connectivity index (χ2v) is 14.3. The predicted molar refractivity (Wildman–Crippen MR) is 189 cm³/mol. The number of sulfonamides is 1. The molecule has 0 bridgehead atoms. The summed E-state index contributed by atoms with van der Waals surface area (Å²) in [4.78, 5) is 31.4. The highest BCUT2D eigenvalue weighted by Crippen LogP contribution is 2.27. The molecule has 1 aliphatic carbocycles. The van der Waals surface area contributed by atoms with E-state index in [0.717, 1.165) is 53.8 Å². The molecule has 6 rings (SSSR count). The number of nitrogens with one attached hydrogen (secondary N) is 2.